The Morgan fingerprint density at radius 3 is 2.67 bits per heavy atom. The van der Waals surface area contributed by atoms with E-state index in [9.17, 15) is 5.11 Å². The molecule has 4 unspecified atom stereocenters. The number of aliphatic hydroxyl groups excluding tert-OH is 1. The highest BCUT2D eigenvalue weighted by Crippen LogP contribution is 2.27. The topological polar surface area (TPSA) is 41.5 Å². The van der Waals surface area contributed by atoms with Crippen molar-refractivity contribution in [3.05, 3.63) is 12.2 Å². The second kappa shape index (κ2) is 8.92. The van der Waals surface area contributed by atoms with Crippen molar-refractivity contribution >= 4 is 0 Å². The number of hydrogen-bond acceptors (Lipinski definition) is 3. The van der Waals surface area contributed by atoms with Gasteiger partial charge < -0.3 is 15.2 Å². The van der Waals surface area contributed by atoms with Crippen LogP contribution in [-0.2, 0) is 4.74 Å². The monoisotopic (exact) mass is 295 g/mol. The molecule has 0 bridgehead atoms. The van der Waals surface area contributed by atoms with Crippen LogP contribution in [0.4, 0.5) is 0 Å². The van der Waals surface area contributed by atoms with E-state index in [1.54, 1.807) is 0 Å². The SMILES string of the molecule is CC1CC=CCC1COCC(O)CNC(C)C1CCCC1. The maximum atomic E-state index is 10.0. The Morgan fingerprint density at radius 2 is 1.95 bits per heavy atom. The van der Waals surface area contributed by atoms with Gasteiger partial charge in [-0.25, -0.2) is 0 Å². The molecule has 0 aromatic carbocycles. The molecule has 2 aliphatic rings. The molecule has 0 radical (unpaired) electrons. The van der Waals surface area contributed by atoms with E-state index in [0.29, 0.717) is 31.0 Å². The molecule has 2 N–H and O–H groups in total. The summed E-state index contributed by atoms with van der Waals surface area (Å²) in [5, 5.41) is 13.5. The molecule has 0 saturated heterocycles. The van der Waals surface area contributed by atoms with E-state index in [4.69, 9.17) is 4.74 Å². The van der Waals surface area contributed by atoms with E-state index < -0.39 is 0 Å². The average molecular weight is 295 g/mol. The fourth-order valence-electron chi connectivity index (χ4n) is 3.60. The second-order valence-corrected chi connectivity index (χ2v) is 7.11. The van der Waals surface area contributed by atoms with Crippen LogP contribution in [0.3, 0.4) is 0 Å². The van der Waals surface area contributed by atoms with Gasteiger partial charge in [0.2, 0.25) is 0 Å². The molecule has 1 fully saturated rings. The summed E-state index contributed by atoms with van der Waals surface area (Å²) in [5.41, 5.74) is 0. The number of nitrogens with one attached hydrogen (secondary N) is 1. The van der Waals surface area contributed by atoms with Gasteiger partial charge in [-0.1, -0.05) is 31.9 Å². The summed E-state index contributed by atoms with van der Waals surface area (Å²) in [6.45, 7) is 6.42. The maximum Gasteiger partial charge on any atom is 0.0897 e. The van der Waals surface area contributed by atoms with E-state index in [1.807, 2.05) is 0 Å². The zero-order valence-corrected chi connectivity index (χ0v) is 13.8. The third kappa shape index (κ3) is 5.72. The molecule has 0 spiro atoms. The van der Waals surface area contributed by atoms with Crippen LogP contribution in [0.1, 0.15) is 52.4 Å². The highest BCUT2D eigenvalue weighted by atomic mass is 16.5. The quantitative estimate of drug-likeness (QED) is 0.676. The standard InChI is InChI=1S/C18H33NO2/c1-14-7-3-4-10-17(14)12-21-13-18(20)11-19-15(2)16-8-5-6-9-16/h3-4,14-20H,5-13H2,1-2H3. The summed E-state index contributed by atoms with van der Waals surface area (Å²) < 4.78 is 5.74. The molecule has 0 aliphatic heterocycles. The second-order valence-electron chi connectivity index (χ2n) is 7.11. The molecule has 21 heavy (non-hydrogen) atoms. The van der Waals surface area contributed by atoms with Crippen LogP contribution in [0.2, 0.25) is 0 Å². The number of rotatable bonds is 8. The van der Waals surface area contributed by atoms with Crippen molar-refractivity contribution in [3.63, 3.8) is 0 Å². The van der Waals surface area contributed by atoms with Gasteiger partial charge >= 0.3 is 0 Å². The molecule has 2 rings (SSSR count). The Kier molecular flexibility index (Phi) is 7.21. The Labute approximate surface area is 130 Å². The van der Waals surface area contributed by atoms with Crippen molar-refractivity contribution in [3.8, 4) is 0 Å². The normalized spacial score (nSPS) is 29.7. The lowest BCUT2D eigenvalue weighted by Crippen LogP contribution is -2.39. The maximum absolute atomic E-state index is 10.0. The number of hydrogen-bond donors (Lipinski definition) is 2. The van der Waals surface area contributed by atoms with Gasteiger partial charge in [0, 0.05) is 12.6 Å². The summed E-state index contributed by atoms with van der Waals surface area (Å²) in [4.78, 5) is 0. The van der Waals surface area contributed by atoms with Crippen molar-refractivity contribution in [2.75, 3.05) is 19.8 Å². The number of ether oxygens (including phenoxy) is 1. The Balaban J connectivity index is 1.54. The van der Waals surface area contributed by atoms with Crippen molar-refractivity contribution in [2.45, 2.75) is 64.5 Å². The van der Waals surface area contributed by atoms with Gasteiger partial charge in [-0.3, -0.25) is 0 Å². The molecule has 0 aromatic rings. The Morgan fingerprint density at radius 1 is 1.24 bits per heavy atom. The van der Waals surface area contributed by atoms with Gasteiger partial charge in [-0.05, 0) is 50.4 Å². The van der Waals surface area contributed by atoms with Gasteiger partial charge in [0.25, 0.3) is 0 Å². The molecule has 3 nitrogen and oxygen atoms in total. The molecular formula is C18H33NO2. The molecule has 2 aliphatic carbocycles. The van der Waals surface area contributed by atoms with Crippen LogP contribution in [0.25, 0.3) is 0 Å². The largest absolute Gasteiger partial charge is 0.389 e. The highest BCUT2D eigenvalue weighted by Gasteiger charge is 2.22. The van der Waals surface area contributed by atoms with Crippen LogP contribution in [0, 0.1) is 17.8 Å². The van der Waals surface area contributed by atoms with Gasteiger partial charge in [-0.2, -0.15) is 0 Å². The van der Waals surface area contributed by atoms with Gasteiger partial charge in [0.05, 0.1) is 19.3 Å². The van der Waals surface area contributed by atoms with E-state index in [2.05, 4.69) is 31.3 Å². The molecule has 4 atom stereocenters. The van der Waals surface area contributed by atoms with E-state index >= 15 is 0 Å². The first-order valence-electron chi connectivity index (χ1n) is 8.81. The molecule has 0 amide bonds. The zero-order chi connectivity index (χ0) is 15.1. The minimum atomic E-state index is -0.386. The van der Waals surface area contributed by atoms with Crippen molar-refractivity contribution in [1.82, 2.24) is 5.32 Å². The smallest absolute Gasteiger partial charge is 0.0897 e. The minimum Gasteiger partial charge on any atom is -0.389 e. The van der Waals surface area contributed by atoms with Gasteiger partial charge in [0.15, 0.2) is 0 Å². The minimum absolute atomic E-state index is 0.386. The third-order valence-corrected chi connectivity index (χ3v) is 5.34. The summed E-state index contributed by atoms with van der Waals surface area (Å²) in [5.74, 6) is 2.12. The lowest BCUT2D eigenvalue weighted by molar-refractivity contribution is 0.0114. The van der Waals surface area contributed by atoms with Crippen LogP contribution in [0.5, 0.6) is 0 Å². The first kappa shape index (κ1) is 17.0. The molecule has 0 heterocycles. The Hall–Kier alpha value is -0.380. The van der Waals surface area contributed by atoms with E-state index in [0.717, 1.165) is 25.4 Å². The summed E-state index contributed by atoms with van der Waals surface area (Å²) in [6.07, 6.45) is 11.8. The lowest BCUT2D eigenvalue weighted by atomic mass is 9.85. The van der Waals surface area contributed by atoms with Crippen molar-refractivity contribution < 1.29 is 9.84 Å². The molecule has 3 heteroatoms. The lowest BCUT2D eigenvalue weighted by Gasteiger charge is -2.26. The molecule has 1 saturated carbocycles. The van der Waals surface area contributed by atoms with Crippen LogP contribution in [0.15, 0.2) is 12.2 Å². The van der Waals surface area contributed by atoms with Gasteiger partial charge in [0.1, 0.15) is 0 Å². The molecule has 0 aromatic heterocycles. The molecule has 122 valence electrons. The highest BCUT2D eigenvalue weighted by molar-refractivity contribution is 4.93. The third-order valence-electron chi connectivity index (χ3n) is 5.34. The van der Waals surface area contributed by atoms with Crippen molar-refractivity contribution in [2.24, 2.45) is 17.8 Å². The predicted octanol–water partition coefficient (Wildman–Crippen LogP) is 3.13. The first-order valence-corrected chi connectivity index (χ1v) is 8.81. The number of aliphatic hydroxyl groups is 1. The fourth-order valence-corrected chi connectivity index (χ4v) is 3.60. The average Bonchev–Trinajstić information content (AvgIpc) is 3.01. The van der Waals surface area contributed by atoms with Crippen LogP contribution < -0.4 is 5.32 Å². The number of allylic oxidation sites excluding steroid dienone is 2. The van der Waals surface area contributed by atoms with Crippen molar-refractivity contribution in [1.29, 1.82) is 0 Å². The summed E-state index contributed by atoms with van der Waals surface area (Å²) in [7, 11) is 0. The van der Waals surface area contributed by atoms with E-state index in [1.165, 1.54) is 25.7 Å². The fraction of sp³-hybridized carbons (Fsp3) is 0.889. The first-order chi connectivity index (χ1) is 10.2. The van der Waals surface area contributed by atoms with Gasteiger partial charge in [-0.15, -0.1) is 0 Å². The zero-order valence-electron chi connectivity index (χ0n) is 13.8. The van der Waals surface area contributed by atoms with E-state index in [-0.39, 0.29) is 6.10 Å². The summed E-state index contributed by atoms with van der Waals surface area (Å²) in [6, 6.07) is 0.519. The predicted molar refractivity (Wildman–Crippen MR) is 87.3 cm³/mol. The van der Waals surface area contributed by atoms with Crippen LogP contribution in [-0.4, -0.2) is 37.0 Å². The van der Waals surface area contributed by atoms with Crippen LogP contribution >= 0.6 is 0 Å². The summed E-state index contributed by atoms with van der Waals surface area (Å²) >= 11 is 0. The molecular weight excluding hydrogens is 262 g/mol. The Bertz CT molecular complexity index is 312.